The Morgan fingerprint density at radius 3 is 2.68 bits per heavy atom. The van der Waals surface area contributed by atoms with Crippen LogP contribution in [0.4, 0.5) is 0 Å². The second-order valence-corrected chi connectivity index (χ2v) is 11.0. The summed E-state index contributed by atoms with van der Waals surface area (Å²) < 4.78 is 12.3. The van der Waals surface area contributed by atoms with Crippen LogP contribution in [-0.4, -0.2) is 53.3 Å². The lowest BCUT2D eigenvalue weighted by Gasteiger charge is -2.53. The van der Waals surface area contributed by atoms with E-state index in [1.807, 2.05) is 6.07 Å². The summed E-state index contributed by atoms with van der Waals surface area (Å²) in [5, 5.41) is 29.5. The quantitative estimate of drug-likeness (QED) is 0.367. The van der Waals surface area contributed by atoms with Crippen molar-refractivity contribution < 1.29 is 29.6 Å². The van der Waals surface area contributed by atoms with Gasteiger partial charge in [0.25, 0.3) is 0 Å². The monoisotopic (exact) mass is 474 g/mol. The van der Waals surface area contributed by atoms with Gasteiger partial charge in [-0.1, -0.05) is 32.3 Å². The van der Waals surface area contributed by atoms with Gasteiger partial charge in [0.2, 0.25) is 0 Å². The molecule has 34 heavy (non-hydrogen) atoms. The number of aliphatic hydroxyl groups is 1. The molecule has 4 rings (SSSR count). The summed E-state index contributed by atoms with van der Waals surface area (Å²) in [5.74, 6) is 0.982. The Hall–Kier alpha value is -1.63. The van der Waals surface area contributed by atoms with Crippen LogP contribution in [0.1, 0.15) is 88.2 Å². The molecule has 0 saturated heterocycles. The van der Waals surface area contributed by atoms with E-state index in [2.05, 4.69) is 13.0 Å². The summed E-state index contributed by atoms with van der Waals surface area (Å²) in [6, 6.07) is 5.82. The molecule has 6 atom stereocenters. The fourth-order valence-electron chi connectivity index (χ4n) is 7.12. The molecular formula is C28H42O6. The largest absolute Gasteiger partial charge is 0.508 e. The number of carboxylic acid groups (broad SMARTS) is 1. The third-order valence-electron chi connectivity index (χ3n) is 8.85. The van der Waals surface area contributed by atoms with Crippen LogP contribution in [-0.2, 0) is 20.7 Å². The van der Waals surface area contributed by atoms with Gasteiger partial charge in [-0.2, -0.15) is 0 Å². The topological polar surface area (TPSA) is 96.2 Å². The lowest BCUT2D eigenvalue weighted by Crippen LogP contribution is -2.51. The predicted octanol–water partition coefficient (Wildman–Crippen LogP) is 5.05. The number of phenols is 1. The fraction of sp³-hybridized carbons (Fsp3) is 0.750. The summed E-state index contributed by atoms with van der Waals surface area (Å²) in [7, 11) is 0. The van der Waals surface area contributed by atoms with E-state index in [4.69, 9.17) is 14.6 Å². The van der Waals surface area contributed by atoms with E-state index < -0.39 is 5.97 Å². The number of benzene rings is 1. The van der Waals surface area contributed by atoms with Gasteiger partial charge in [0.05, 0.1) is 25.4 Å². The molecule has 0 amide bonds. The van der Waals surface area contributed by atoms with Crippen LogP contribution < -0.4 is 0 Å². The van der Waals surface area contributed by atoms with E-state index in [-0.39, 0.29) is 24.0 Å². The van der Waals surface area contributed by atoms with Gasteiger partial charge in [-0.3, -0.25) is 4.79 Å². The first kappa shape index (κ1) is 25.5. The van der Waals surface area contributed by atoms with Gasteiger partial charge >= 0.3 is 5.97 Å². The van der Waals surface area contributed by atoms with Crippen LogP contribution in [0, 0.1) is 17.3 Å². The molecule has 0 heterocycles. The molecule has 0 aliphatic heterocycles. The van der Waals surface area contributed by atoms with E-state index >= 15 is 0 Å². The number of ether oxygens (including phenoxy) is 2. The third-order valence-corrected chi connectivity index (χ3v) is 8.85. The standard InChI is InChI=1S/C28H42O6/c1-28-18-24(34-16-15-33-14-6-4-2-3-5-7-26(31)32)27-21-11-9-20(29)17-19(21)8-10-22(27)23(28)12-13-25(28)30/h9,11,17,22-25,27,29-30H,2-8,10,12-16,18H2,1H3,(H,31,32)/t22-,23-,24-,25-,27+,28-/m0/s1. The summed E-state index contributed by atoms with van der Waals surface area (Å²) in [5.41, 5.74) is 2.49. The summed E-state index contributed by atoms with van der Waals surface area (Å²) in [4.78, 5) is 10.5. The van der Waals surface area contributed by atoms with Crippen molar-refractivity contribution >= 4 is 5.97 Å². The number of hydrogen-bond acceptors (Lipinski definition) is 5. The van der Waals surface area contributed by atoms with Gasteiger partial charge in [0.1, 0.15) is 5.75 Å². The molecule has 2 fully saturated rings. The minimum Gasteiger partial charge on any atom is -0.508 e. The Balaban J connectivity index is 1.28. The zero-order valence-electron chi connectivity index (χ0n) is 20.6. The first-order chi connectivity index (χ1) is 16.4. The number of rotatable bonds is 12. The van der Waals surface area contributed by atoms with Gasteiger partial charge in [0.15, 0.2) is 0 Å². The molecule has 2 saturated carbocycles. The van der Waals surface area contributed by atoms with Crippen molar-refractivity contribution in [2.45, 2.75) is 95.7 Å². The zero-order valence-corrected chi connectivity index (χ0v) is 20.6. The number of fused-ring (bicyclic) bond motifs is 5. The average molecular weight is 475 g/mol. The van der Waals surface area contributed by atoms with E-state index in [1.165, 1.54) is 11.1 Å². The zero-order chi connectivity index (χ0) is 24.1. The molecule has 3 aliphatic rings. The summed E-state index contributed by atoms with van der Waals surface area (Å²) in [6.07, 6.45) is 9.82. The normalized spacial score (nSPS) is 32.1. The highest BCUT2D eigenvalue weighted by molar-refractivity contribution is 5.66. The van der Waals surface area contributed by atoms with Crippen molar-refractivity contribution in [3.8, 4) is 5.75 Å². The van der Waals surface area contributed by atoms with E-state index in [0.29, 0.717) is 43.3 Å². The first-order valence-corrected chi connectivity index (χ1v) is 13.3. The molecule has 0 aromatic heterocycles. The van der Waals surface area contributed by atoms with E-state index in [1.54, 1.807) is 6.07 Å². The Kier molecular flexibility index (Phi) is 8.54. The predicted molar refractivity (Wildman–Crippen MR) is 130 cm³/mol. The molecule has 190 valence electrons. The van der Waals surface area contributed by atoms with Crippen LogP contribution >= 0.6 is 0 Å². The number of aliphatic carboxylic acids is 1. The molecule has 1 aromatic rings. The second kappa shape index (κ2) is 11.4. The van der Waals surface area contributed by atoms with Crippen molar-refractivity contribution in [3.05, 3.63) is 29.3 Å². The lowest BCUT2D eigenvalue weighted by molar-refractivity contribution is -0.137. The molecule has 3 N–H and O–H groups in total. The van der Waals surface area contributed by atoms with E-state index in [0.717, 1.165) is 64.2 Å². The van der Waals surface area contributed by atoms with Crippen LogP contribution in [0.3, 0.4) is 0 Å². The Morgan fingerprint density at radius 2 is 1.85 bits per heavy atom. The average Bonchev–Trinajstić information content (AvgIpc) is 3.10. The van der Waals surface area contributed by atoms with Crippen molar-refractivity contribution in [1.29, 1.82) is 0 Å². The van der Waals surface area contributed by atoms with Crippen LogP contribution in [0.25, 0.3) is 0 Å². The minimum atomic E-state index is -0.713. The number of hydrogen-bond donors (Lipinski definition) is 3. The van der Waals surface area contributed by atoms with Gasteiger partial charge < -0.3 is 24.8 Å². The molecule has 0 radical (unpaired) electrons. The maximum atomic E-state index is 10.9. The highest BCUT2D eigenvalue weighted by atomic mass is 16.5. The van der Waals surface area contributed by atoms with Crippen molar-refractivity contribution in [2.75, 3.05) is 19.8 Å². The highest BCUT2D eigenvalue weighted by Crippen LogP contribution is 2.61. The van der Waals surface area contributed by atoms with Gasteiger partial charge in [0, 0.05) is 18.9 Å². The van der Waals surface area contributed by atoms with Gasteiger partial charge in [-0.05, 0) is 85.5 Å². The van der Waals surface area contributed by atoms with Gasteiger partial charge in [-0.15, -0.1) is 0 Å². The second-order valence-electron chi connectivity index (χ2n) is 11.0. The molecular weight excluding hydrogens is 432 g/mol. The number of aromatic hydroxyl groups is 1. The Labute approximate surface area is 203 Å². The summed E-state index contributed by atoms with van der Waals surface area (Å²) in [6.45, 7) is 4.09. The number of phenolic OH excluding ortho intramolecular Hbond substituents is 1. The SMILES string of the molecule is C[C@]12C[C@H](OCCOCCCCCCCC(=O)O)[C@@H]3c4ccc(O)cc4CC[C@H]3[C@@H]1CC[C@@H]2O. The Bertz CT molecular complexity index is 825. The number of unbranched alkanes of at least 4 members (excludes halogenated alkanes) is 4. The molecule has 1 aromatic carbocycles. The minimum absolute atomic E-state index is 0.0560. The number of carbonyl (C=O) groups is 1. The molecule has 0 unspecified atom stereocenters. The lowest BCUT2D eigenvalue weighted by atomic mass is 9.54. The molecule has 0 spiro atoms. The van der Waals surface area contributed by atoms with Crippen LogP contribution in [0.2, 0.25) is 0 Å². The summed E-state index contributed by atoms with van der Waals surface area (Å²) >= 11 is 0. The number of carboxylic acids is 1. The van der Waals surface area contributed by atoms with Crippen LogP contribution in [0.15, 0.2) is 18.2 Å². The fourth-order valence-corrected chi connectivity index (χ4v) is 7.12. The highest BCUT2D eigenvalue weighted by Gasteiger charge is 2.58. The number of aliphatic hydroxyl groups excluding tert-OH is 1. The van der Waals surface area contributed by atoms with Crippen molar-refractivity contribution in [2.24, 2.45) is 17.3 Å². The van der Waals surface area contributed by atoms with E-state index in [9.17, 15) is 15.0 Å². The molecule has 6 nitrogen and oxygen atoms in total. The third kappa shape index (κ3) is 5.60. The maximum absolute atomic E-state index is 10.9. The number of aryl methyl sites for hydroxylation is 1. The molecule has 3 aliphatic carbocycles. The Morgan fingerprint density at radius 1 is 1.06 bits per heavy atom. The first-order valence-electron chi connectivity index (χ1n) is 13.3. The van der Waals surface area contributed by atoms with Crippen molar-refractivity contribution in [1.82, 2.24) is 0 Å². The van der Waals surface area contributed by atoms with Crippen molar-refractivity contribution in [3.63, 3.8) is 0 Å². The molecule has 0 bridgehead atoms. The molecule has 6 heteroatoms. The smallest absolute Gasteiger partial charge is 0.303 e. The van der Waals surface area contributed by atoms with Gasteiger partial charge in [-0.25, -0.2) is 0 Å². The van der Waals surface area contributed by atoms with Crippen LogP contribution in [0.5, 0.6) is 5.75 Å². The maximum Gasteiger partial charge on any atom is 0.303 e.